The van der Waals surface area contributed by atoms with Gasteiger partial charge in [0.1, 0.15) is 0 Å². The highest BCUT2D eigenvalue weighted by molar-refractivity contribution is 7.89. The highest BCUT2D eigenvalue weighted by Gasteiger charge is 2.11. The number of unbranched alkanes of at least 4 members (excludes halogenated alkanes) is 12. The van der Waals surface area contributed by atoms with Crippen molar-refractivity contribution < 1.29 is 17.9 Å². The molecule has 1 aromatic rings. The smallest absolute Gasteiger partial charge is 0.305 e. The summed E-state index contributed by atoms with van der Waals surface area (Å²) in [6, 6.07) is 8.53. The van der Waals surface area contributed by atoms with Gasteiger partial charge in [-0.25, -0.2) is 13.1 Å². The maximum Gasteiger partial charge on any atom is 0.305 e. The summed E-state index contributed by atoms with van der Waals surface area (Å²) in [7, 11) is -1.91. The molecule has 166 valence electrons. The van der Waals surface area contributed by atoms with Crippen LogP contribution in [0.15, 0.2) is 35.2 Å². The summed E-state index contributed by atoms with van der Waals surface area (Å²) in [4.78, 5) is 11.3. The Morgan fingerprint density at radius 1 is 0.759 bits per heavy atom. The summed E-state index contributed by atoms with van der Waals surface area (Å²) in [5.74, 6) is -0.0986. The summed E-state index contributed by atoms with van der Waals surface area (Å²) in [6.07, 6.45) is 15.9. The van der Waals surface area contributed by atoms with Crippen molar-refractivity contribution in [2.75, 3.05) is 13.7 Å². The number of esters is 1. The van der Waals surface area contributed by atoms with E-state index in [4.69, 9.17) is 0 Å². The lowest BCUT2D eigenvalue weighted by molar-refractivity contribution is -0.140. The van der Waals surface area contributed by atoms with Crippen LogP contribution in [0.4, 0.5) is 0 Å². The molecule has 6 heteroatoms. The van der Waals surface area contributed by atoms with Crippen molar-refractivity contribution in [2.45, 2.75) is 94.8 Å². The van der Waals surface area contributed by atoms with Crippen LogP contribution >= 0.6 is 0 Å². The molecule has 0 unspecified atom stereocenters. The van der Waals surface area contributed by atoms with Crippen LogP contribution in [-0.4, -0.2) is 28.0 Å². The van der Waals surface area contributed by atoms with Crippen molar-refractivity contribution in [1.82, 2.24) is 4.72 Å². The first-order chi connectivity index (χ1) is 14.1. The van der Waals surface area contributed by atoms with Crippen LogP contribution in [0.1, 0.15) is 89.9 Å². The van der Waals surface area contributed by atoms with Gasteiger partial charge in [0.15, 0.2) is 0 Å². The zero-order valence-corrected chi connectivity index (χ0v) is 18.9. The van der Waals surface area contributed by atoms with Crippen LogP contribution in [0, 0.1) is 0 Å². The van der Waals surface area contributed by atoms with Gasteiger partial charge in [-0.05, 0) is 25.0 Å². The van der Waals surface area contributed by atoms with E-state index in [2.05, 4.69) is 9.46 Å². The van der Waals surface area contributed by atoms with Crippen LogP contribution in [0.5, 0.6) is 0 Å². The molecule has 0 radical (unpaired) electrons. The van der Waals surface area contributed by atoms with E-state index in [9.17, 15) is 13.2 Å². The number of benzene rings is 1. The quantitative estimate of drug-likeness (QED) is 0.245. The predicted molar refractivity (Wildman–Crippen MR) is 118 cm³/mol. The fraction of sp³-hybridized carbons (Fsp3) is 0.696. The average molecular weight is 426 g/mol. The van der Waals surface area contributed by atoms with Crippen LogP contribution in [0.3, 0.4) is 0 Å². The molecule has 0 fully saturated rings. The second kappa shape index (κ2) is 16.4. The summed E-state index contributed by atoms with van der Waals surface area (Å²) in [5.41, 5.74) is 0. The first kappa shape index (κ1) is 25.6. The third-order valence-corrected chi connectivity index (χ3v) is 6.61. The zero-order chi connectivity index (χ0) is 21.2. The monoisotopic (exact) mass is 425 g/mol. The SMILES string of the molecule is COC(=O)CCCCCCCCCCCCCCCNS(=O)(=O)c1ccccc1. The number of ether oxygens (including phenoxy) is 1. The summed E-state index contributed by atoms with van der Waals surface area (Å²) < 4.78 is 31.5. The van der Waals surface area contributed by atoms with Crippen molar-refractivity contribution in [3.63, 3.8) is 0 Å². The topological polar surface area (TPSA) is 72.5 Å². The molecule has 1 rings (SSSR count). The lowest BCUT2D eigenvalue weighted by atomic mass is 10.0. The Morgan fingerprint density at radius 2 is 1.21 bits per heavy atom. The molecule has 0 spiro atoms. The molecule has 0 aliphatic carbocycles. The Bertz CT molecular complexity index is 632. The van der Waals surface area contributed by atoms with Gasteiger partial charge in [0, 0.05) is 13.0 Å². The first-order valence-electron chi connectivity index (χ1n) is 11.2. The van der Waals surface area contributed by atoms with E-state index in [0.717, 1.165) is 25.7 Å². The second-order valence-electron chi connectivity index (χ2n) is 7.63. The maximum atomic E-state index is 12.1. The Balaban J connectivity index is 1.83. The van der Waals surface area contributed by atoms with E-state index in [1.807, 2.05) is 6.07 Å². The highest BCUT2D eigenvalue weighted by Crippen LogP contribution is 2.13. The number of carbonyl (C=O) groups excluding carboxylic acids is 1. The Hall–Kier alpha value is -1.40. The fourth-order valence-corrected chi connectivity index (χ4v) is 4.43. The number of hydrogen-bond acceptors (Lipinski definition) is 4. The van der Waals surface area contributed by atoms with Crippen molar-refractivity contribution in [2.24, 2.45) is 0 Å². The third kappa shape index (κ3) is 13.4. The molecule has 0 aliphatic rings. The minimum atomic E-state index is -3.35. The van der Waals surface area contributed by atoms with Gasteiger partial charge in [-0.1, -0.05) is 88.8 Å². The average Bonchev–Trinajstić information content (AvgIpc) is 2.73. The molecule has 0 amide bonds. The zero-order valence-electron chi connectivity index (χ0n) is 18.0. The number of methoxy groups -OCH3 is 1. The minimum absolute atomic E-state index is 0.0986. The van der Waals surface area contributed by atoms with Crippen molar-refractivity contribution >= 4 is 16.0 Å². The van der Waals surface area contributed by atoms with Gasteiger partial charge in [-0.3, -0.25) is 4.79 Å². The van der Waals surface area contributed by atoms with Crippen LogP contribution in [-0.2, 0) is 19.6 Å². The predicted octanol–water partition coefficient (Wildman–Crippen LogP) is 5.60. The molecular formula is C23H39NO4S. The van der Waals surface area contributed by atoms with E-state index in [-0.39, 0.29) is 5.97 Å². The summed E-state index contributed by atoms with van der Waals surface area (Å²) in [6.45, 7) is 0.511. The lowest BCUT2D eigenvalue weighted by Crippen LogP contribution is -2.24. The molecule has 0 bridgehead atoms. The number of sulfonamides is 1. The van der Waals surface area contributed by atoms with E-state index in [1.54, 1.807) is 24.3 Å². The Morgan fingerprint density at radius 3 is 1.69 bits per heavy atom. The fourth-order valence-electron chi connectivity index (χ4n) is 3.33. The maximum absolute atomic E-state index is 12.1. The third-order valence-electron chi connectivity index (χ3n) is 5.13. The van der Waals surface area contributed by atoms with Gasteiger partial charge in [-0.2, -0.15) is 0 Å². The standard InChI is InChI=1S/C23H39NO4S/c1-28-23(25)20-16-11-9-7-5-3-2-4-6-8-10-12-17-21-24-29(26,27)22-18-14-13-15-19-22/h13-15,18-19,24H,2-12,16-17,20-21H2,1H3. The number of rotatable bonds is 18. The van der Waals surface area contributed by atoms with Crippen LogP contribution in [0.2, 0.25) is 0 Å². The van der Waals surface area contributed by atoms with Gasteiger partial charge >= 0.3 is 5.97 Å². The van der Waals surface area contributed by atoms with Crippen molar-refractivity contribution in [3.05, 3.63) is 30.3 Å². The Kier molecular flexibility index (Phi) is 14.5. The Labute approximate surface area is 177 Å². The van der Waals surface area contributed by atoms with Crippen LogP contribution in [0.25, 0.3) is 0 Å². The minimum Gasteiger partial charge on any atom is -0.469 e. The largest absolute Gasteiger partial charge is 0.469 e. The van der Waals surface area contributed by atoms with Crippen LogP contribution < -0.4 is 4.72 Å². The second-order valence-corrected chi connectivity index (χ2v) is 9.40. The van der Waals surface area contributed by atoms with Gasteiger partial charge in [0.25, 0.3) is 0 Å². The van der Waals surface area contributed by atoms with E-state index in [0.29, 0.717) is 17.9 Å². The molecule has 0 atom stereocenters. The van der Waals surface area contributed by atoms with Gasteiger partial charge in [0.05, 0.1) is 12.0 Å². The van der Waals surface area contributed by atoms with E-state index < -0.39 is 10.0 Å². The molecule has 5 nitrogen and oxygen atoms in total. The van der Waals surface area contributed by atoms with Crippen molar-refractivity contribution in [1.29, 1.82) is 0 Å². The molecule has 1 N–H and O–H groups in total. The molecule has 0 saturated heterocycles. The number of nitrogens with one attached hydrogen (secondary N) is 1. The van der Waals surface area contributed by atoms with Crippen molar-refractivity contribution in [3.8, 4) is 0 Å². The first-order valence-corrected chi connectivity index (χ1v) is 12.7. The summed E-state index contributed by atoms with van der Waals surface area (Å²) in [5, 5.41) is 0. The molecule has 0 aromatic heterocycles. The number of hydrogen-bond donors (Lipinski definition) is 1. The molecule has 0 heterocycles. The van der Waals surface area contributed by atoms with E-state index >= 15 is 0 Å². The number of carbonyl (C=O) groups is 1. The van der Waals surface area contributed by atoms with Gasteiger partial charge < -0.3 is 4.74 Å². The molecule has 0 saturated carbocycles. The molecule has 29 heavy (non-hydrogen) atoms. The van der Waals surface area contributed by atoms with Gasteiger partial charge in [-0.15, -0.1) is 0 Å². The molecule has 0 aliphatic heterocycles. The summed E-state index contributed by atoms with van der Waals surface area (Å²) >= 11 is 0. The normalized spacial score (nSPS) is 11.5. The molecule has 1 aromatic carbocycles. The van der Waals surface area contributed by atoms with E-state index in [1.165, 1.54) is 64.9 Å². The lowest BCUT2D eigenvalue weighted by Gasteiger charge is -2.06. The molecular weight excluding hydrogens is 386 g/mol. The highest BCUT2D eigenvalue weighted by atomic mass is 32.2. The van der Waals surface area contributed by atoms with Gasteiger partial charge in [0.2, 0.25) is 10.0 Å².